The average Bonchev–Trinajstić information content (AvgIpc) is 3.65. The normalized spacial score (nSPS) is 27.6. The highest BCUT2D eigenvalue weighted by molar-refractivity contribution is 8.01. The first-order valence-corrected chi connectivity index (χ1v) is 20.8. The maximum Gasteiger partial charge on any atom is 0.329 e. The molecule has 5 fully saturated rings. The quantitative estimate of drug-likeness (QED) is 0.299. The number of hydrogen-bond donors (Lipinski definition) is 2. The van der Waals surface area contributed by atoms with E-state index in [2.05, 4.69) is 80.6 Å². The van der Waals surface area contributed by atoms with Crippen LogP contribution in [0.3, 0.4) is 0 Å². The molecule has 1 aliphatic carbocycles. The van der Waals surface area contributed by atoms with Gasteiger partial charge in [0.1, 0.15) is 17.1 Å². The number of amides is 3. The zero-order valence-corrected chi connectivity index (χ0v) is 32.6. The largest absolute Gasteiger partial charge is 0.371 e. The zero-order valence-electron chi connectivity index (χ0n) is 31.8. The van der Waals surface area contributed by atoms with E-state index in [1.165, 1.54) is 36.1 Å². The second-order valence-corrected chi connectivity index (χ2v) is 18.2. The molecule has 5 aliphatic heterocycles. The van der Waals surface area contributed by atoms with Gasteiger partial charge in [-0.25, -0.2) is 9.78 Å². The minimum absolute atomic E-state index is 0.0517. The van der Waals surface area contributed by atoms with Crippen LogP contribution in [0.2, 0.25) is 0 Å². The summed E-state index contributed by atoms with van der Waals surface area (Å²) in [5.41, 5.74) is 5.08. The molecule has 6 aliphatic rings. The molecule has 4 saturated heterocycles. The average molecular weight is 764 g/mol. The molecule has 3 amide bonds. The van der Waals surface area contributed by atoms with Crippen LogP contribution in [-0.4, -0.2) is 112 Å². The van der Waals surface area contributed by atoms with Gasteiger partial charge in [0.05, 0.1) is 22.6 Å². The number of rotatable bonds is 4. The van der Waals surface area contributed by atoms with Crippen molar-refractivity contribution in [2.24, 2.45) is 12.5 Å². The number of piperazine rings is 1. The van der Waals surface area contributed by atoms with Gasteiger partial charge in [0.15, 0.2) is 0 Å². The molecule has 4 aromatic rings. The van der Waals surface area contributed by atoms with E-state index in [-0.39, 0.29) is 41.3 Å². The van der Waals surface area contributed by atoms with Crippen LogP contribution >= 0.6 is 11.8 Å². The molecule has 1 saturated carbocycles. The highest BCUT2D eigenvalue weighted by atomic mass is 32.2. The van der Waals surface area contributed by atoms with Gasteiger partial charge >= 0.3 is 5.69 Å². The number of fused-ring (bicyclic) bond motifs is 6. The number of benzene rings is 2. The molecule has 55 heavy (non-hydrogen) atoms. The summed E-state index contributed by atoms with van der Waals surface area (Å²) in [7, 11) is 3.89. The number of imidazole rings is 1. The molecule has 2 aromatic heterocycles. The van der Waals surface area contributed by atoms with Gasteiger partial charge in [-0.3, -0.25) is 38.6 Å². The summed E-state index contributed by atoms with van der Waals surface area (Å²) in [6, 6.07) is 15.0. The lowest BCUT2D eigenvalue weighted by molar-refractivity contribution is -0.135. The van der Waals surface area contributed by atoms with E-state index < -0.39 is 11.9 Å². The second-order valence-electron chi connectivity index (χ2n) is 17.0. The lowest BCUT2D eigenvalue weighted by Gasteiger charge is -2.56. The fourth-order valence-corrected chi connectivity index (χ4v) is 12.1. The van der Waals surface area contributed by atoms with E-state index in [1.54, 1.807) is 27.9 Å². The lowest BCUT2D eigenvalue weighted by Crippen LogP contribution is -2.59. The molecular weight excluding hydrogens is 715 g/mol. The molecule has 0 bridgehead atoms. The van der Waals surface area contributed by atoms with Gasteiger partial charge in [0.2, 0.25) is 17.7 Å². The Bertz CT molecular complexity index is 2300. The number of carbonyl (C=O) groups excluding carboxylic acids is 3. The van der Waals surface area contributed by atoms with E-state index in [0.717, 1.165) is 79.3 Å². The molecule has 3 unspecified atom stereocenters. The highest BCUT2D eigenvalue weighted by Gasteiger charge is 2.48. The minimum atomic E-state index is -0.673. The van der Waals surface area contributed by atoms with E-state index >= 15 is 0 Å². The molecule has 288 valence electrons. The van der Waals surface area contributed by atoms with Gasteiger partial charge in [-0.15, -0.1) is 11.8 Å². The summed E-state index contributed by atoms with van der Waals surface area (Å²) in [5.74, 6) is 0.480. The van der Waals surface area contributed by atoms with Gasteiger partial charge in [0.25, 0.3) is 0 Å². The first kappa shape index (κ1) is 35.0. The number of thioether (sulfide) groups is 1. The molecule has 2 N–H and O–H groups in total. The van der Waals surface area contributed by atoms with Crippen molar-refractivity contribution in [1.29, 1.82) is 0 Å². The number of pyridine rings is 1. The van der Waals surface area contributed by atoms with Gasteiger partial charge in [-0.1, -0.05) is 0 Å². The van der Waals surface area contributed by atoms with Crippen LogP contribution in [0.1, 0.15) is 63.1 Å². The Kier molecular flexibility index (Phi) is 8.34. The van der Waals surface area contributed by atoms with Crippen molar-refractivity contribution < 1.29 is 14.4 Å². The summed E-state index contributed by atoms with van der Waals surface area (Å²) in [5, 5.41) is 6.61. The second kappa shape index (κ2) is 13.1. The molecule has 14 heteroatoms. The first-order chi connectivity index (χ1) is 26.6. The van der Waals surface area contributed by atoms with Gasteiger partial charge < -0.3 is 15.1 Å². The molecule has 7 heterocycles. The molecular formula is C41H49N9O4S. The van der Waals surface area contributed by atoms with Crippen LogP contribution in [0.4, 0.5) is 11.5 Å². The lowest BCUT2D eigenvalue weighted by atomic mass is 9.60. The SMILES string of the molecule is C[C@@H]1CN(C)C2c3c(ccc4nc(N5CCN(C6CC7(CCN(c8ccc9c(c8)n(C)c(=O)n9C8CCC(=O)NC8=O)CC7)C6)CC5)ccc34)SC2C(=O)N1. The summed E-state index contributed by atoms with van der Waals surface area (Å²) in [4.78, 5) is 67.0. The van der Waals surface area contributed by atoms with Gasteiger partial charge in [-0.2, -0.15) is 0 Å². The third-order valence-corrected chi connectivity index (χ3v) is 15.0. The Hall–Kier alpha value is -4.40. The van der Waals surface area contributed by atoms with Crippen LogP contribution in [0.25, 0.3) is 21.9 Å². The summed E-state index contributed by atoms with van der Waals surface area (Å²) < 4.78 is 3.18. The predicted octanol–water partition coefficient (Wildman–Crippen LogP) is 3.40. The fourth-order valence-electron chi connectivity index (χ4n) is 10.6. The van der Waals surface area contributed by atoms with Crippen molar-refractivity contribution in [3.05, 3.63) is 58.5 Å². The van der Waals surface area contributed by atoms with E-state index in [0.29, 0.717) is 17.9 Å². The Morgan fingerprint density at radius 2 is 1.64 bits per heavy atom. The number of nitrogens with one attached hydrogen (secondary N) is 2. The Labute approximate surface area is 324 Å². The maximum absolute atomic E-state index is 13.3. The summed E-state index contributed by atoms with van der Waals surface area (Å²) >= 11 is 1.69. The summed E-state index contributed by atoms with van der Waals surface area (Å²) in [6.45, 7) is 8.93. The standard InChI is InChI=1S/C41H49N9O4S/c1-24-23-45(2)36-35-27-5-10-33(43-28(27)6-9-32(35)55-37(36)39(53)42-24)49-18-16-48(17-19-49)26-21-41(22-26)12-14-47(15-13-41)25-4-7-29-31(20-25)46(3)40(54)50(29)30-8-11-34(51)44-38(30)52/h4-7,9-10,20,24,26,30,36-37H,8,11-19,21-23H2,1-3H3,(H,42,53)(H,44,51,52)/t24-,30?,36?,37?/m1/s1. The molecule has 4 atom stereocenters. The number of imide groups is 1. The topological polar surface area (TPSA) is 128 Å². The fraction of sp³-hybridized carbons (Fsp3) is 0.537. The van der Waals surface area contributed by atoms with Crippen molar-refractivity contribution in [1.82, 2.24) is 34.6 Å². The third-order valence-electron chi connectivity index (χ3n) is 13.7. The van der Waals surface area contributed by atoms with E-state index in [9.17, 15) is 19.2 Å². The number of hydrogen-bond acceptors (Lipinski definition) is 10. The van der Waals surface area contributed by atoms with Crippen molar-refractivity contribution >= 4 is 62.9 Å². The number of likely N-dealkylation sites (N-methyl/N-ethyl adjacent to an activating group) is 1. The molecule has 1 spiro atoms. The number of carbonyl (C=O) groups is 3. The van der Waals surface area contributed by atoms with E-state index in [4.69, 9.17) is 4.98 Å². The van der Waals surface area contributed by atoms with Crippen molar-refractivity contribution in [3.63, 3.8) is 0 Å². The van der Waals surface area contributed by atoms with Crippen LogP contribution in [0.5, 0.6) is 0 Å². The minimum Gasteiger partial charge on any atom is -0.371 e. The molecule has 2 aromatic carbocycles. The third kappa shape index (κ3) is 5.77. The zero-order chi connectivity index (χ0) is 37.7. The summed E-state index contributed by atoms with van der Waals surface area (Å²) in [6.07, 6.45) is 5.42. The first-order valence-electron chi connectivity index (χ1n) is 20.0. The number of aryl methyl sites for hydroxylation is 1. The molecule has 10 rings (SSSR count). The van der Waals surface area contributed by atoms with Crippen LogP contribution in [0.15, 0.2) is 52.2 Å². The van der Waals surface area contributed by atoms with Crippen LogP contribution < -0.4 is 26.1 Å². The Morgan fingerprint density at radius 3 is 2.40 bits per heavy atom. The molecule has 0 radical (unpaired) electrons. The van der Waals surface area contributed by atoms with Gasteiger partial charge in [-0.05, 0) is 99.5 Å². The van der Waals surface area contributed by atoms with Crippen molar-refractivity contribution in [3.8, 4) is 0 Å². The number of aromatic nitrogens is 3. The monoisotopic (exact) mass is 763 g/mol. The van der Waals surface area contributed by atoms with Crippen LogP contribution in [0, 0.1) is 5.41 Å². The number of nitrogens with zero attached hydrogens (tertiary/aromatic N) is 7. The maximum atomic E-state index is 13.3. The highest BCUT2D eigenvalue weighted by Crippen LogP contribution is 2.52. The van der Waals surface area contributed by atoms with Gasteiger partial charge in [0, 0.05) is 87.3 Å². The van der Waals surface area contributed by atoms with Crippen molar-refractivity contribution in [2.75, 3.05) is 62.7 Å². The Balaban J connectivity index is 0.755. The molecule has 13 nitrogen and oxygen atoms in total. The Morgan fingerprint density at radius 1 is 0.855 bits per heavy atom. The number of piperidine rings is 2. The van der Waals surface area contributed by atoms with E-state index in [1.807, 2.05) is 6.07 Å². The van der Waals surface area contributed by atoms with Crippen LogP contribution in [-0.2, 0) is 21.4 Å². The smallest absolute Gasteiger partial charge is 0.329 e. The predicted molar refractivity (Wildman–Crippen MR) is 214 cm³/mol. The van der Waals surface area contributed by atoms with Crippen molar-refractivity contribution in [2.45, 2.75) is 79.8 Å². The number of anilines is 2.